The second-order valence-electron chi connectivity index (χ2n) is 7.01. The van der Waals surface area contributed by atoms with Crippen molar-refractivity contribution in [1.29, 1.82) is 0 Å². The largest absolute Gasteiger partial charge is 0.325 e. The lowest BCUT2D eigenvalue weighted by Crippen LogP contribution is -2.23. The summed E-state index contributed by atoms with van der Waals surface area (Å²) in [5.41, 5.74) is 5.04. The Morgan fingerprint density at radius 2 is 1.81 bits per heavy atom. The zero-order chi connectivity index (χ0) is 19.7. The van der Waals surface area contributed by atoms with Crippen molar-refractivity contribution in [3.63, 3.8) is 0 Å². The Morgan fingerprint density at radius 1 is 1.11 bits per heavy atom. The molecule has 2 heterocycles. The number of para-hydroxylation sites is 1. The third-order valence-corrected chi connectivity index (χ3v) is 5.68. The van der Waals surface area contributed by atoms with Gasteiger partial charge in [-0.25, -0.2) is 9.50 Å². The van der Waals surface area contributed by atoms with Crippen LogP contribution in [0.5, 0.6) is 0 Å². The molecular formula is C20H25N5OS. The summed E-state index contributed by atoms with van der Waals surface area (Å²) in [5, 5.41) is 7.78. The lowest BCUT2D eigenvalue weighted by atomic mass is 10.0. The van der Waals surface area contributed by atoms with E-state index in [0.717, 1.165) is 28.2 Å². The van der Waals surface area contributed by atoms with Gasteiger partial charge in [-0.15, -0.1) is 5.10 Å². The van der Waals surface area contributed by atoms with Gasteiger partial charge in [-0.1, -0.05) is 43.8 Å². The Balaban J connectivity index is 1.77. The Labute approximate surface area is 163 Å². The molecular weight excluding hydrogens is 358 g/mol. The van der Waals surface area contributed by atoms with Crippen molar-refractivity contribution < 1.29 is 4.79 Å². The Kier molecular flexibility index (Phi) is 5.51. The molecule has 2 aromatic heterocycles. The van der Waals surface area contributed by atoms with Crippen LogP contribution in [0.2, 0.25) is 0 Å². The van der Waals surface area contributed by atoms with E-state index in [4.69, 9.17) is 0 Å². The van der Waals surface area contributed by atoms with Crippen molar-refractivity contribution >= 4 is 29.1 Å². The number of aromatic nitrogens is 4. The highest BCUT2D eigenvalue weighted by atomic mass is 32.2. The van der Waals surface area contributed by atoms with Crippen LogP contribution in [0, 0.1) is 20.8 Å². The molecule has 1 amide bonds. The molecule has 0 aliphatic rings. The Hall–Kier alpha value is -2.41. The number of hydrogen-bond donors (Lipinski definition) is 1. The summed E-state index contributed by atoms with van der Waals surface area (Å²) in [6.45, 7) is 12.1. The van der Waals surface area contributed by atoms with Gasteiger partial charge < -0.3 is 5.32 Å². The smallest absolute Gasteiger partial charge is 0.253 e. The van der Waals surface area contributed by atoms with E-state index < -0.39 is 0 Å². The highest BCUT2D eigenvalue weighted by Crippen LogP contribution is 2.26. The molecule has 6 nitrogen and oxygen atoms in total. The predicted molar refractivity (Wildman–Crippen MR) is 109 cm³/mol. The molecule has 1 atom stereocenters. The Morgan fingerprint density at radius 3 is 2.52 bits per heavy atom. The predicted octanol–water partition coefficient (Wildman–Crippen LogP) is 4.29. The van der Waals surface area contributed by atoms with Crippen molar-refractivity contribution in [1.82, 2.24) is 19.6 Å². The number of rotatable bonds is 5. The normalized spacial score (nSPS) is 12.6. The molecule has 0 bridgehead atoms. The van der Waals surface area contributed by atoms with Crippen LogP contribution in [-0.4, -0.2) is 30.7 Å². The number of carbonyl (C=O) groups excluding carboxylic acids is 1. The van der Waals surface area contributed by atoms with Gasteiger partial charge in [-0.3, -0.25) is 4.79 Å². The van der Waals surface area contributed by atoms with Gasteiger partial charge in [-0.05, 0) is 50.8 Å². The molecule has 142 valence electrons. The molecule has 3 aromatic rings. The van der Waals surface area contributed by atoms with E-state index in [1.54, 1.807) is 4.52 Å². The fourth-order valence-electron chi connectivity index (χ4n) is 2.85. The summed E-state index contributed by atoms with van der Waals surface area (Å²) in [7, 11) is 0. The van der Waals surface area contributed by atoms with Crippen molar-refractivity contribution in [2.24, 2.45) is 0 Å². The minimum Gasteiger partial charge on any atom is -0.325 e. The highest BCUT2D eigenvalue weighted by Gasteiger charge is 2.20. The van der Waals surface area contributed by atoms with Gasteiger partial charge in [-0.2, -0.15) is 4.98 Å². The molecule has 0 aliphatic carbocycles. The number of nitrogens with one attached hydrogen (secondary N) is 1. The van der Waals surface area contributed by atoms with Crippen LogP contribution in [0.3, 0.4) is 0 Å². The van der Waals surface area contributed by atoms with E-state index in [-0.39, 0.29) is 11.2 Å². The van der Waals surface area contributed by atoms with E-state index in [0.29, 0.717) is 16.9 Å². The van der Waals surface area contributed by atoms with Gasteiger partial charge >= 0.3 is 0 Å². The summed E-state index contributed by atoms with van der Waals surface area (Å²) < 4.78 is 1.74. The van der Waals surface area contributed by atoms with E-state index in [1.165, 1.54) is 11.8 Å². The zero-order valence-electron chi connectivity index (χ0n) is 16.6. The number of amides is 1. The first-order chi connectivity index (χ1) is 12.8. The number of carbonyl (C=O) groups is 1. The standard InChI is InChI=1S/C20H25N5OS/c1-11(2)16-9-7-8-10-17(16)22-18(26)15(6)27-20-23-19-21-13(4)12(3)14(5)25(19)24-20/h7-11,15H,1-6H3,(H,22,26). The van der Waals surface area contributed by atoms with E-state index in [1.807, 2.05) is 52.0 Å². The number of fused-ring (bicyclic) bond motifs is 1. The molecule has 1 unspecified atom stereocenters. The number of anilines is 1. The number of aryl methyl sites for hydroxylation is 2. The molecule has 27 heavy (non-hydrogen) atoms. The second-order valence-corrected chi connectivity index (χ2v) is 8.31. The maximum absolute atomic E-state index is 12.7. The Bertz CT molecular complexity index is 995. The summed E-state index contributed by atoms with van der Waals surface area (Å²) in [6.07, 6.45) is 0. The van der Waals surface area contributed by atoms with Crippen molar-refractivity contribution in [3.05, 3.63) is 46.8 Å². The van der Waals surface area contributed by atoms with Crippen molar-refractivity contribution in [2.45, 2.75) is 57.9 Å². The summed E-state index contributed by atoms with van der Waals surface area (Å²) in [4.78, 5) is 21.6. The third-order valence-electron chi connectivity index (χ3n) is 4.73. The van der Waals surface area contributed by atoms with Gasteiger partial charge in [0.25, 0.3) is 5.78 Å². The fourth-order valence-corrected chi connectivity index (χ4v) is 3.59. The fraction of sp³-hybridized carbons (Fsp3) is 0.400. The number of nitrogens with zero attached hydrogens (tertiary/aromatic N) is 4. The van der Waals surface area contributed by atoms with E-state index >= 15 is 0 Å². The van der Waals surface area contributed by atoms with Gasteiger partial charge in [0.2, 0.25) is 11.1 Å². The molecule has 0 spiro atoms. The number of benzene rings is 1. The van der Waals surface area contributed by atoms with Crippen LogP contribution in [0.25, 0.3) is 5.78 Å². The summed E-state index contributed by atoms with van der Waals surface area (Å²) >= 11 is 1.34. The monoisotopic (exact) mass is 383 g/mol. The first kappa shape index (κ1) is 19.4. The number of thioether (sulfide) groups is 1. The summed E-state index contributed by atoms with van der Waals surface area (Å²) in [6, 6.07) is 7.90. The first-order valence-corrected chi connectivity index (χ1v) is 9.93. The van der Waals surface area contributed by atoms with E-state index in [9.17, 15) is 4.79 Å². The lowest BCUT2D eigenvalue weighted by Gasteiger charge is -2.15. The average molecular weight is 384 g/mol. The quantitative estimate of drug-likeness (QED) is 0.665. The second kappa shape index (κ2) is 7.68. The van der Waals surface area contributed by atoms with Gasteiger partial charge in [0.05, 0.1) is 5.25 Å². The van der Waals surface area contributed by atoms with Gasteiger partial charge in [0, 0.05) is 17.1 Å². The molecule has 7 heteroatoms. The third kappa shape index (κ3) is 3.98. The van der Waals surface area contributed by atoms with Crippen LogP contribution < -0.4 is 5.32 Å². The molecule has 1 aromatic carbocycles. The van der Waals surface area contributed by atoms with E-state index in [2.05, 4.69) is 34.2 Å². The van der Waals surface area contributed by atoms with Crippen LogP contribution >= 0.6 is 11.8 Å². The van der Waals surface area contributed by atoms with Crippen molar-refractivity contribution in [2.75, 3.05) is 5.32 Å². The summed E-state index contributed by atoms with van der Waals surface area (Å²) in [5.74, 6) is 0.838. The van der Waals surface area contributed by atoms with Crippen LogP contribution in [0.15, 0.2) is 29.4 Å². The SMILES string of the molecule is Cc1nc2nc(SC(C)C(=O)Nc3ccccc3C(C)C)nn2c(C)c1C. The maximum atomic E-state index is 12.7. The van der Waals surface area contributed by atoms with Gasteiger partial charge in [0.15, 0.2) is 0 Å². The molecule has 3 rings (SSSR count). The molecule has 0 saturated heterocycles. The maximum Gasteiger partial charge on any atom is 0.253 e. The number of hydrogen-bond acceptors (Lipinski definition) is 5. The van der Waals surface area contributed by atoms with Crippen molar-refractivity contribution in [3.8, 4) is 0 Å². The molecule has 1 N–H and O–H groups in total. The lowest BCUT2D eigenvalue weighted by molar-refractivity contribution is -0.115. The molecule has 0 aliphatic heterocycles. The van der Waals surface area contributed by atoms with Crippen LogP contribution in [-0.2, 0) is 4.79 Å². The van der Waals surface area contributed by atoms with Crippen LogP contribution in [0.1, 0.15) is 49.2 Å². The highest BCUT2D eigenvalue weighted by molar-refractivity contribution is 8.00. The molecule has 0 radical (unpaired) electrons. The first-order valence-electron chi connectivity index (χ1n) is 9.05. The van der Waals surface area contributed by atoms with Gasteiger partial charge in [0.1, 0.15) is 0 Å². The molecule has 0 saturated carbocycles. The van der Waals surface area contributed by atoms with Crippen LogP contribution in [0.4, 0.5) is 5.69 Å². The minimum absolute atomic E-state index is 0.0657. The topological polar surface area (TPSA) is 72.2 Å². The molecule has 0 fully saturated rings. The zero-order valence-corrected chi connectivity index (χ0v) is 17.4. The minimum atomic E-state index is -0.329. The average Bonchev–Trinajstić information content (AvgIpc) is 3.02.